The second-order valence-electron chi connectivity index (χ2n) is 4.74. The van der Waals surface area contributed by atoms with Gasteiger partial charge in [-0.1, -0.05) is 26.2 Å². The Morgan fingerprint density at radius 2 is 1.84 bits per heavy atom. The maximum Gasteiger partial charge on any atom is 0.253 e. The number of hydrogen-bond acceptors (Lipinski definition) is 3. The predicted molar refractivity (Wildman–Crippen MR) is 72.2 cm³/mol. The summed E-state index contributed by atoms with van der Waals surface area (Å²) < 4.78 is 0. The highest BCUT2D eigenvalue weighted by atomic mass is 16.2. The van der Waals surface area contributed by atoms with E-state index in [4.69, 9.17) is 0 Å². The summed E-state index contributed by atoms with van der Waals surface area (Å²) in [6, 6.07) is 0.181. The van der Waals surface area contributed by atoms with Crippen LogP contribution in [0, 0.1) is 0 Å². The Hall–Kier alpha value is -1.65. The van der Waals surface area contributed by atoms with E-state index in [9.17, 15) is 14.4 Å². The molecular weight excluding hydrogens is 244 g/mol. The number of nitrogens with zero attached hydrogens (tertiary/aromatic N) is 1. The number of carbonyl (C=O) groups is 3. The molecule has 0 aromatic rings. The summed E-state index contributed by atoms with van der Waals surface area (Å²) in [7, 11) is 0. The molecule has 1 fully saturated rings. The van der Waals surface area contributed by atoms with Crippen molar-refractivity contribution in [2.45, 2.75) is 51.5 Å². The van der Waals surface area contributed by atoms with Gasteiger partial charge >= 0.3 is 0 Å². The van der Waals surface area contributed by atoms with E-state index in [1.54, 1.807) is 0 Å². The molecule has 0 spiro atoms. The monoisotopic (exact) mass is 266 g/mol. The average Bonchev–Trinajstić information content (AvgIpc) is 3.01. The van der Waals surface area contributed by atoms with Crippen molar-refractivity contribution in [3.05, 3.63) is 12.2 Å². The Morgan fingerprint density at radius 3 is 2.32 bits per heavy atom. The number of imide groups is 1. The van der Waals surface area contributed by atoms with E-state index in [0.29, 0.717) is 0 Å². The summed E-state index contributed by atoms with van der Waals surface area (Å²) in [4.78, 5) is 33.3. The molecule has 2 aliphatic rings. The summed E-state index contributed by atoms with van der Waals surface area (Å²) in [5.74, 6) is -0.265. The van der Waals surface area contributed by atoms with E-state index >= 15 is 0 Å². The van der Waals surface area contributed by atoms with Crippen molar-refractivity contribution in [3.63, 3.8) is 0 Å². The van der Waals surface area contributed by atoms with Crippen LogP contribution in [0.4, 0.5) is 0 Å². The van der Waals surface area contributed by atoms with E-state index < -0.39 is 0 Å². The summed E-state index contributed by atoms with van der Waals surface area (Å²) in [6.45, 7) is 2.91. The minimum Gasteiger partial charge on any atom is -0.359 e. The molecule has 3 amide bonds. The quantitative estimate of drug-likeness (QED) is 0.464. The molecule has 106 valence electrons. The largest absolute Gasteiger partial charge is 0.359 e. The SMILES string of the molecule is CCCCNC=O.O=C1C=CC(=O)N1C1CCCC1. The van der Waals surface area contributed by atoms with Gasteiger partial charge in [0, 0.05) is 24.7 Å². The van der Waals surface area contributed by atoms with Crippen molar-refractivity contribution in [1.29, 1.82) is 0 Å². The number of unbranched alkanes of at least 4 members (excludes halogenated alkanes) is 1. The first-order chi connectivity index (χ1) is 9.20. The summed E-state index contributed by atoms with van der Waals surface area (Å²) in [5.41, 5.74) is 0. The summed E-state index contributed by atoms with van der Waals surface area (Å²) in [5, 5.41) is 2.57. The fraction of sp³-hybridized carbons (Fsp3) is 0.643. The van der Waals surface area contributed by atoms with Crippen LogP contribution in [0.3, 0.4) is 0 Å². The molecular formula is C14H22N2O3. The first-order valence-corrected chi connectivity index (χ1v) is 6.93. The predicted octanol–water partition coefficient (Wildman–Crippen LogP) is 1.39. The molecule has 1 aliphatic carbocycles. The van der Waals surface area contributed by atoms with Gasteiger partial charge in [0.05, 0.1) is 0 Å². The van der Waals surface area contributed by atoms with E-state index in [0.717, 1.165) is 51.5 Å². The van der Waals surface area contributed by atoms with Gasteiger partial charge in [-0.05, 0) is 19.3 Å². The zero-order chi connectivity index (χ0) is 14.1. The van der Waals surface area contributed by atoms with Crippen molar-refractivity contribution in [3.8, 4) is 0 Å². The maximum absolute atomic E-state index is 11.2. The minimum atomic E-state index is -0.132. The van der Waals surface area contributed by atoms with Crippen LogP contribution in [0.25, 0.3) is 0 Å². The molecule has 1 saturated carbocycles. The lowest BCUT2D eigenvalue weighted by Crippen LogP contribution is -2.38. The lowest BCUT2D eigenvalue weighted by atomic mass is 10.2. The molecule has 5 nitrogen and oxygen atoms in total. The number of amides is 3. The Kier molecular flexibility index (Phi) is 6.85. The van der Waals surface area contributed by atoms with Crippen LogP contribution in [0.2, 0.25) is 0 Å². The highest BCUT2D eigenvalue weighted by Crippen LogP contribution is 2.25. The Bertz CT molecular complexity index is 329. The van der Waals surface area contributed by atoms with Gasteiger partial charge in [0.2, 0.25) is 6.41 Å². The van der Waals surface area contributed by atoms with Gasteiger partial charge in [0.25, 0.3) is 11.8 Å². The van der Waals surface area contributed by atoms with Gasteiger partial charge in [-0.15, -0.1) is 0 Å². The summed E-state index contributed by atoms with van der Waals surface area (Å²) in [6.07, 6.45) is 9.93. The van der Waals surface area contributed by atoms with Crippen molar-refractivity contribution in [2.24, 2.45) is 0 Å². The van der Waals surface area contributed by atoms with Gasteiger partial charge < -0.3 is 5.32 Å². The van der Waals surface area contributed by atoms with Crippen LogP contribution < -0.4 is 5.32 Å². The fourth-order valence-electron chi connectivity index (χ4n) is 2.27. The molecule has 0 bridgehead atoms. The maximum atomic E-state index is 11.2. The molecule has 0 aromatic heterocycles. The van der Waals surface area contributed by atoms with Gasteiger partial charge in [0.15, 0.2) is 0 Å². The zero-order valence-electron chi connectivity index (χ0n) is 11.4. The van der Waals surface area contributed by atoms with Crippen LogP contribution >= 0.6 is 0 Å². The third kappa shape index (κ3) is 4.85. The molecule has 1 N–H and O–H groups in total. The number of hydrogen-bond donors (Lipinski definition) is 1. The van der Waals surface area contributed by atoms with Crippen LogP contribution in [0.5, 0.6) is 0 Å². The topological polar surface area (TPSA) is 66.5 Å². The normalized spacial score (nSPS) is 18.5. The Balaban J connectivity index is 0.000000224. The van der Waals surface area contributed by atoms with Gasteiger partial charge in [-0.3, -0.25) is 19.3 Å². The summed E-state index contributed by atoms with van der Waals surface area (Å²) >= 11 is 0. The van der Waals surface area contributed by atoms with E-state index in [1.165, 1.54) is 17.1 Å². The van der Waals surface area contributed by atoms with Crippen LogP contribution in [-0.2, 0) is 14.4 Å². The van der Waals surface area contributed by atoms with E-state index in [2.05, 4.69) is 12.2 Å². The molecule has 2 rings (SSSR count). The van der Waals surface area contributed by atoms with Crippen LogP contribution in [-0.4, -0.2) is 35.7 Å². The van der Waals surface area contributed by atoms with Crippen molar-refractivity contribution >= 4 is 18.2 Å². The van der Waals surface area contributed by atoms with Crippen LogP contribution in [0.1, 0.15) is 45.4 Å². The van der Waals surface area contributed by atoms with Crippen molar-refractivity contribution in [1.82, 2.24) is 10.2 Å². The lowest BCUT2D eigenvalue weighted by Gasteiger charge is -2.20. The second-order valence-corrected chi connectivity index (χ2v) is 4.74. The molecule has 5 heteroatoms. The highest BCUT2D eigenvalue weighted by Gasteiger charge is 2.32. The Morgan fingerprint density at radius 1 is 1.26 bits per heavy atom. The Labute approximate surface area is 114 Å². The molecule has 0 saturated heterocycles. The number of nitrogens with one attached hydrogen (secondary N) is 1. The van der Waals surface area contributed by atoms with Crippen LogP contribution in [0.15, 0.2) is 12.2 Å². The number of carbonyl (C=O) groups excluding carboxylic acids is 3. The smallest absolute Gasteiger partial charge is 0.253 e. The zero-order valence-corrected chi connectivity index (χ0v) is 11.4. The highest BCUT2D eigenvalue weighted by molar-refractivity contribution is 6.13. The second kappa shape index (κ2) is 8.45. The fourth-order valence-corrected chi connectivity index (χ4v) is 2.27. The lowest BCUT2D eigenvalue weighted by molar-refractivity contribution is -0.139. The first kappa shape index (κ1) is 15.4. The molecule has 0 unspecified atom stereocenters. The van der Waals surface area contributed by atoms with Crippen molar-refractivity contribution in [2.75, 3.05) is 6.54 Å². The van der Waals surface area contributed by atoms with Crippen molar-refractivity contribution < 1.29 is 14.4 Å². The van der Waals surface area contributed by atoms with E-state index in [1.807, 2.05) is 0 Å². The molecule has 19 heavy (non-hydrogen) atoms. The van der Waals surface area contributed by atoms with Gasteiger partial charge in [0.1, 0.15) is 0 Å². The first-order valence-electron chi connectivity index (χ1n) is 6.93. The average molecular weight is 266 g/mol. The molecule has 0 aromatic carbocycles. The molecule has 1 heterocycles. The molecule has 0 radical (unpaired) electrons. The molecule has 0 atom stereocenters. The third-order valence-electron chi connectivity index (χ3n) is 3.29. The third-order valence-corrected chi connectivity index (χ3v) is 3.29. The standard InChI is InChI=1S/C9H11NO2.C5H11NO/c11-8-5-6-9(12)10(8)7-3-1-2-4-7;1-2-3-4-6-5-7/h5-7H,1-4H2;5H,2-4H2,1H3,(H,6,7). The minimum absolute atomic E-state index is 0.132. The number of rotatable bonds is 5. The van der Waals surface area contributed by atoms with Gasteiger partial charge in [-0.25, -0.2) is 0 Å². The van der Waals surface area contributed by atoms with Gasteiger partial charge in [-0.2, -0.15) is 0 Å². The molecule has 1 aliphatic heterocycles. The van der Waals surface area contributed by atoms with E-state index in [-0.39, 0.29) is 17.9 Å².